The van der Waals surface area contributed by atoms with Crippen molar-refractivity contribution in [3.8, 4) is 0 Å². The summed E-state index contributed by atoms with van der Waals surface area (Å²) in [6, 6.07) is 0. The van der Waals surface area contributed by atoms with E-state index in [1.54, 1.807) is 12.5 Å². The fourth-order valence-electron chi connectivity index (χ4n) is 4.05. The number of aliphatic hydroxyl groups is 1. The average Bonchev–Trinajstić information content (AvgIpc) is 2.75. The topological polar surface area (TPSA) is 104 Å². The molecule has 8 nitrogen and oxygen atoms in total. The summed E-state index contributed by atoms with van der Waals surface area (Å²) >= 11 is -0.224. The van der Waals surface area contributed by atoms with Gasteiger partial charge in [0.05, 0.1) is 38.9 Å². The monoisotopic (exact) mass is 502 g/mol. The quantitative estimate of drug-likeness (QED) is 0.552. The number of aromatic nitrogens is 4. The molecule has 180 valence electrons. The highest BCUT2D eigenvalue weighted by Gasteiger charge is 2.37. The highest BCUT2D eigenvalue weighted by Crippen LogP contribution is 2.38. The lowest BCUT2D eigenvalue weighted by molar-refractivity contribution is -0.0328. The van der Waals surface area contributed by atoms with Crippen molar-refractivity contribution < 1.29 is 22.5 Å². The standard InChI is InChI=1S/C20H25F3N6O2S2/c1-33(31)15-11-26-18(27-17(15)28-19(12-30)5-2-6-19)29-7-3-13(4-8-29)16-24-9-14(10-25-16)32-20(21,22)23/h9-11,13,30H,2-8,12H2,1H3,(H,26,27,28). The van der Waals surface area contributed by atoms with Crippen LogP contribution < -0.4 is 10.2 Å². The lowest BCUT2D eigenvalue weighted by Gasteiger charge is -2.41. The Labute approximate surface area is 196 Å². The second-order valence-corrected chi connectivity index (χ2v) is 10.8. The minimum Gasteiger partial charge on any atom is -0.394 e. The molecule has 1 saturated carbocycles. The third-order valence-corrected chi connectivity index (χ3v) is 7.67. The van der Waals surface area contributed by atoms with Gasteiger partial charge in [-0.25, -0.2) is 15.0 Å². The molecule has 33 heavy (non-hydrogen) atoms. The first-order valence-electron chi connectivity index (χ1n) is 10.6. The Hall–Kier alpha value is -1.99. The molecule has 2 aromatic heterocycles. The van der Waals surface area contributed by atoms with Crippen molar-refractivity contribution in [3.63, 3.8) is 0 Å². The van der Waals surface area contributed by atoms with E-state index in [0.717, 1.165) is 19.3 Å². The molecular weight excluding hydrogens is 477 g/mol. The molecule has 1 atom stereocenters. The second-order valence-electron chi connectivity index (χ2n) is 8.34. The molecule has 13 heteroatoms. The highest BCUT2D eigenvalue weighted by molar-refractivity contribution is 8.00. The van der Waals surface area contributed by atoms with Crippen molar-refractivity contribution in [2.24, 2.45) is 0 Å². The molecule has 0 aromatic carbocycles. The minimum absolute atomic E-state index is 0.0201. The Balaban J connectivity index is 1.43. The van der Waals surface area contributed by atoms with Gasteiger partial charge in [-0.3, -0.25) is 4.21 Å². The van der Waals surface area contributed by atoms with Crippen molar-refractivity contribution in [2.75, 3.05) is 36.2 Å². The van der Waals surface area contributed by atoms with E-state index in [0.29, 0.717) is 48.4 Å². The zero-order chi connectivity index (χ0) is 23.6. The molecule has 3 heterocycles. The molecule has 1 aliphatic heterocycles. The van der Waals surface area contributed by atoms with Crippen molar-refractivity contribution in [2.45, 2.75) is 58.9 Å². The zero-order valence-corrected chi connectivity index (χ0v) is 19.6. The maximum Gasteiger partial charge on any atom is 0.446 e. The van der Waals surface area contributed by atoms with Crippen molar-refractivity contribution in [1.82, 2.24) is 19.9 Å². The summed E-state index contributed by atoms with van der Waals surface area (Å²) in [4.78, 5) is 19.8. The van der Waals surface area contributed by atoms with E-state index in [1.807, 2.05) is 4.90 Å². The van der Waals surface area contributed by atoms with Crippen LogP contribution in [0.1, 0.15) is 43.8 Å². The number of hydrogen-bond acceptors (Lipinski definition) is 9. The Morgan fingerprint density at radius 2 is 1.88 bits per heavy atom. The van der Waals surface area contributed by atoms with Crippen LogP contribution in [-0.2, 0) is 10.8 Å². The number of piperidine rings is 1. The Bertz CT molecular complexity index is 991. The normalized spacial score (nSPS) is 19.7. The van der Waals surface area contributed by atoms with E-state index in [4.69, 9.17) is 0 Å². The molecule has 4 rings (SSSR count). The molecular formula is C20H25F3N6O2S2. The van der Waals surface area contributed by atoms with E-state index in [1.165, 1.54) is 12.4 Å². The van der Waals surface area contributed by atoms with Crippen LogP contribution in [0.2, 0.25) is 0 Å². The first kappa shape index (κ1) is 24.1. The van der Waals surface area contributed by atoms with E-state index < -0.39 is 21.8 Å². The molecule has 1 saturated heterocycles. The largest absolute Gasteiger partial charge is 0.446 e. The van der Waals surface area contributed by atoms with E-state index >= 15 is 0 Å². The fourth-order valence-corrected chi connectivity index (χ4v) is 5.10. The first-order valence-corrected chi connectivity index (χ1v) is 13.0. The van der Waals surface area contributed by atoms with E-state index in [2.05, 4.69) is 25.3 Å². The molecule has 0 bridgehead atoms. The van der Waals surface area contributed by atoms with E-state index in [9.17, 15) is 22.5 Å². The molecule has 2 N–H and O–H groups in total. The summed E-state index contributed by atoms with van der Waals surface area (Å²) in [5.41, 5.74) is -4.79. The summed E-state index contributed by atoms with van der Waals surface area (Å²) in [5.74, 6) is 1.57. The third kappa shape index (κ3) is 5.75. The predicted molar refractivity (Wildman–Crippen MR) is 120 cm³/mol. The van der Waals surface area contributed by atoms with Gasteiger partial charge >= 0.3 is 5.51 Å². The van der Waals surface area contributed by atoms with Crippen LogP contribution in [0.4, 0.5) is 24.9 Å². The van der Waals surface area contributed by atoms with Gasteiger partial charge in [0.15, 0.2) is 0 Å². The number of thioether (sulfide) groups is 1. The van der Waals surface area contributed by atoms with Gasteiger partial charge in [0.1, 0.15) is 11.6 Å². The van der Waals surface area contributed by atoms with Crippen LogP contribution in [0, 0.1) is 0 Å². The SMILES string of the molecule is CS(=O)c1cnc(N2CCC(c3ncc(SC(F)(F)F)cn3)CC2)nc1NC1(CO)CCC1. The summed E-state index contributed by atoms with van der Waals surface area (Å²) < 4.78 is 49.6. The molecule has 0 radical (unpaired) electrons. The molecule has 1 unspecified atom stereocenters. The number of rotatable bonds is 7. The number of aliphatic hydroxyl groups excluding tert-OH is 1. The molecule has 0 amide bonds. The number of alkyl halides is 3. The first-order chi connectivity index (χ1) is 15.7. The average molecular weight is 503 g/mol. The predicted octanol–water partition coefficient (Wildman–Crippen LogP) is 3.33. The third-order valence-electron chi connectivity index (χ3n) is 6.07. The van der Waals surface area contributed by atoms with Gasteiger partial charge in [0, 0.05) is 37.7 Å². The Morgan fingerprint density at radius 3 is 2.39 bits per heavy atom. The zero-order valence-electron chi connectivity index (χ0n) is 18.0. The van der Waals surface area contributed by atoms with E-state index in [-0.39, 0.29) is 29.2 Å². The van der Waals surface area contributed by atoms with Crippen LogP contribution in [0.15, 0.2) is 28.4 Å². The molecule has 1 aliphatic carbocycles. The number of nitrogens with one attached hydrogen (secondary N) is 1. The van der Waals surface area contributed by atoms with Gasteiger partial charge in [-0.1, -0.05) is 0 Å². The Kier molecular flexibility index (Phi) is 7.10. The van der Waals surface area contributed by atoms with Crippen LogP contribution >= 0.6 is 11.8 Å². The number of anilines is 2. The number of halogens is 3. The number of hydrogen-bond donors (Lipinski definition) is 2. The van der Waals surface area contributed by atoms with Crippen LogP contribution in [0.3, 0.4) is 0 Å². The lowest BCUT2D eigenvalue weighted by Crippen LogP contribution is -2.48. The van der Waals surface area contributed by atoms with Crippen molar-refractivity contribution in [3.05, 3.63) is 24.4 Å². The minimum atomic E-state index is -4.36. The summed E-state index contributed by atoms with van der Waals surface area (Å²) in [5, 5.41) is 13.1. The summed E-state index contributed by atoms with van der Waals surface area (Å²) in [7, 11) is -1.28. The smallest absolute Gasteiger partial charge is 0.394 e. The van der Waals surface area contributed by atoms with Crippen LogP contribution in [0.25, 0.3) is 0 Å². The second kappa shape index (κ2) is 9.71. The lowest BCUT2D eigenvalue weighted by atomic mass is 9.77. The van der Waals surface area contributed by atoms with Gasteiger partial charge in [0.25, 0.3) is 0 Å². The summed E-state index contributed by atoms with van der Waals surface area (Å²) in [6.45, 7) is 1.24. The van der Waals surface area contributed by atoms with Gasteiger partial charge < -0.3 is 15.3 Å². The number of nitrogens with zero attached hydrogens (tertiary/aromatic N) is 5. The van der Waals surface area contributed by atoms with Crippen LogP contribution in [0.5, 0.6) is 0 Å². The maximum atomic E-state index is 12.5. The molecule has 2 aromatic rings. The highest BCUT2D eigenvalue weighted by atomic mass is 32.2. The van der Waals surface area contributed by atoms with Crippen molar-refractivity contribution in [1.29, 1.82) is 0 Å². The van der Waals surface area contributed by atoms with Gasteiger partial charge in [-0.15, -0.1) is 0 Å². The van der Waals surface area contributed by atoms with Crippen molar-refractivity contribution >= 4 is 34.3 Å². The van der Waals surface area contributed by atoms with Gasteiger partial charge in [-0.05, 0) is 43.9 Å². The summed E-state index contributed by atoms with van der Waals surface area (Å²) in [6.07, 6.45) is 9.65. The molecule has 2 aliphatic rings. The Morgan fingerprint density at radius 1 is 1.21 bits per heavy atom. The molecule has 0 spiro atoms. The fraction of sp³-hybridized carbons (Fsp3) is 0.600. The van der Waals surface area contributed by atoms with Gasteiger partial charge in [0.2, 0.25) is 5.95 Å². The van der Waals surface area contributed by atoms with Gasteiger partial charge in [-0.2, -0.15) is 18.2 Å². The van der Waals surface area contributed by atoms with Crippen LogP contribution in [-0.4, -0.2) is 66.3 Å². The molecule has 2 fully saturated rings. The maximum absolute atomic E-state index is 12.5.